The van der Waals surface area contributed by atoms with Gasteiger partial charge in [-0.25, -0.2) is 4.99 Å². The van der Waals surface area contributed by atoms with Crippen LogP contribution in [0.25, 0.3) is 0 Å². The van der Waals surface area contributed by atoms with Crippen molar-refractivity contribution in [2.45, 2.75) is 46.2 Å². The maximum Gasteiger partial charge on any atom is 0.244 e. The number of hydrogen-bond acceptors (Lipinski definition) is 3. The quantitative estimate of drug-likeness (QED) is 0.349. The van der Waals surface area contributed by atoms with Gasteiger partial charge >= 0.3 is 0 Å². The maximum atomic E-state index is 12.8. The first-order chi connectivity index (χ1) is 14.4. The average Bonchev–Trinajstić information content (AvgIpc) is 3.10. The zero-order chi connectivity index (χ0) is 21.7. The Hall–Kier alpha value is -2.10. The summed E-state index contributed by atoms with van der Waals surface area (Å²) in [7, 11) is 3.95. The lowest BCUT2D eigenvalue weighted by atomic mass is 10.00. The number of aryl methyl sites for hydroxylation is 1. The molecule has 1 amide bonds. The summed E-state index contributed by atoms with van der Waals surface area (Å²) in [5.41, 5.74) is 4.86. The predicted octanol–water partition coefficient (Wildman–Crippen LogP) is 3.14. The summed E-state index contributed by atoms with van der Waals surface area (Å²) in [6.07, 6.45) is 2.97. The summed E-state index contributed by atoms with van der Waals surface area (Å²) >= 11 is 0. The Morgan fingerprint density at radius 1 is 1.29 bits per heavy atom. The summed E-state index contributed by atoms with van der Waals surface area (Å²) in [6.45, 7) is 9.36. The summed E-state index contributed by atoms with van der Waals surface area (Å²) < 4.78 is 1.86. The number of halogens is 1. The highest BCUT2D eigenvalue weighted by atomic mass is 127. The maximum absolute atomic E-state index is 12.8. The van der Waals surface area contributed by atoms with E-state index >= 15 is 0 Å². The van der Waals surface area contributed by atoms with Crippen molar-refractivity contribution >= 4 is 35.8 Å². The van der Waals surface area contributed by atoms with Crippen LogP contribution in [-0.2, 0) is 31.4 Å². The highest BCUT2D eigenvalue weighted by Crippen LogP contribution is 2.19. The number of nitrogens with zero attached hydrogens (tertiary/aromatic N) is 5. The molecule has 0 spiro atoms. The van der Waals surface area contributed by atoms with Crippen LogP contribution in [0.5, 0.6) is 0 Å². The van der Waals surface area contributed by atoms with E-state index in [1.165, 1.54) is 16.7 Å². The molecule has 1 aromatic heterocycles. The molecule has 8 heteroatoms. The lowest BCUT2D eigenvalue weighted by Gasteiger charge is -2.29. The minimum absolute atomic E-state index is 0. The molecular weight excluding hydrogens is 503 g/mol. The number of aliphatic imine (C=N–C) groups is 1. The number of carbonyl (C=O) groups excluding carboxylic acids is 1. The van der Waals surface area contributed by atoms with Gasteiger partial charge in [0.05, 0.1) is 5.69 Å². The van der Waals surface area contributed by atoms with Gasteiger partial charge in [0.1, 0.15) is 6.54 Å². The zero-order valence-electron chi connectivity index (χ0n) is 19.3. The molecule has 1 N–H and O–H groups in total. The van der Waals surface area contributed by atoms with Crippen molar-refractivity contribution in [2.75, 3.05) is 26.7 Å². The molecule has 1 aromatic carbocycles. The molecule has 170 valence electrons. The van der Waals surface area contributed by atoms with Crippen LogP contribution in [0.4, 0.5) is 0 Å². The van der Waals surface area contributed by atoms with Gasteiger partial charge in [0.25, 0.3) is 0 Å². The standard InChI is InChI=1S/C23H34N6O.HI/c1-6-24-23(27(4)14-20-15-28(5)26-22(20)17(2)3)25-13-21(30)29-12-11-18-9-7-8-10-19(18)16-29;/h7-10,15,17H,6,11-14,16H2,1-5H3,(H,24,25);1H. The van der Waals surface area contributed by atoms with Gasteiger partial charge in [0.15, 0.2) is 5.96 Å². The van der Waals surface area contributed by atoms with Gasteiger partial charge in [-0.1, -0.05) is 38.1 Å². The van der Waals surface area contributed by atoms with Crippen LogP contribution in [0.2, 0.25) is 0 Å². The molecule has 0 saturated heterocycles. The van der Waals surface area contributed by atoms with Crippen molar-refractivity contribution in [1.82, 2.24) is 24.9 Å². The van der Waals surface area contributed by atoms with Crippen LogP contribution in [0.15, 0.2) is 35.5 Å². The fourth-order valence-electron chi connectivity index (χ4n) is 3.91. The first-order valence-electron chi connectivity index (χ1n) is 10.8. The Labute approximate surface area is 202 Å². The van der Waals surface area contributed by atoms with E-state index in [-0.39, 0.29) is 36.4 Å². The third-order valence-electron chi connectivity index (χ3n) is 5.44. The number of nitrogens with one attached hydrogen (secondary N) is 1. The molecule has 0 radical (unpaired) electrons. The highest BCUT2D eigenvalue weighted by Gasteiger charge is 2.21. The Bertz CT molecular complexity index is 907. The molecule has 0 atom stereocenters. The lowest BCUT2D eigenvalue weighted by Crippen LogP contribution is -2.41. The third kappa shape index (κ3) is 6.44. The third-order valence-corrected chi connectivity index (χ3v) is 5.44. The van der Waals surface area contributed by atoms with Gasteiger partial charge in [-0.2, -0.15) is 5.10 Å². The first-order valence-corrected chi connectivity index (χ1v) is 10.8. The second-order valence-electron chi connectivity index (χ2n) is 8.23. The predicted molar refractivity (Wildman–Crippen MR) is 136 cm³/mol. The number of aromatic nitrogens is 2. The molecule has 0 aliphatic carbocycles. The lowest BCUT2D eigenvalue weighted by molar-refractivity contribution is -0.130. The Morgan fingerprint density at radius 3 is 2.68 bits per heavy atom. The summed E-state index contributed by atoms with van der Waals surface area (Å²) in [5.74, 6) is 1.16. The van der Waals surface area contributed by atoms with Crippen molar-refractivity contribution in [2.24, 2.45) is 12.0 Å². The van der Waals surface area contributed by atoms with Gasteiger partial charge < -0.3 is 15.1 Å². The number of amides is 1. The van der Waals surface area contributed by atoms with Gasteiger partial charge in [0.2, 0.25) is 5.91 Å². The minimum atomic E-state index is 0. The normalized spacial score (nSPS) is 13.6. The monoisotopic (exact) mass is 538 g/mol. The Morgan fingerprint density at radius 2 is 2.00 bits per heavy atom. The van der Waals surface area contributed by atoms with E-state index in [1.807, 2.05) is 36.7 Å². The summed E-state index contributed by atoms with van der Waals surface area (Å²) in [5, 5.41) is 7.90. The van der Waals surface area contributed by atoms with Crippen molar-refractivity contribution in [3.05, 3.63) is 52.8 Å². The molecule has 31 heavy (non-hydrogen) atoms. The summed E-state index contributed by atoms with van der Waals surface area (Å²) in [6, 6.07) is 8.35. The van der Waals surface area contributed by atoms with Crippen molar-refractivity contribution in [1.29, 1.82) is 0 Å². The van der Waals surface area contributed by atoms with E-state index in [4.69, 9.17) is 0 Å². The number of rotatable bonds is 6. The molecule has 1 aliphatic rings. The number of benzene rings is 1. The number of guanidine groups is 1. The van der Waals surface area contributed by atoms with E-state index in [0.29, 0.717) is 19.0 Å². The SMILES string of the molecule is CCNC(=NCC(=O)N1CCc2ccccc2C1)N(C)Cc1cn(C)nc1C(C)C.I. The topological polar surface area (TPSA) is 65.8 Å². The van der Waals surface area contributed by atoms with Crippen LogP contribution in [-0.4, -0.2) is 58.1 Å². The minimum Gasteiger partial charge on any atom is -0.357 e. The van der Waals surface area contributed by atoms with E-state index in [9.17, 15) is 4.79 Å². The molecule has 0 bridgehead atoms. The largest absolute Gasteiger partial charge is 0.357 e. The van der Waals surface area contributed by atoms with E-state index in [1.54, 1.807) is 0 Å². The van der Waals surface area contributed by atoms with Crippen LogP contribution in [0.3, 0.4) is 0 Å². The molecule has 7 nitrogen and oxygen atoms in total. The molecular formula is C23H35IN6O. The van der Waals surface area contributed by atoms with Crippen LogP contribution in [0, 0.1) is 0 Å². The molecule has 0 fully saturated rings. The Kier molecular flexibility index (Phi) is 9.33. The molecule has 0 unspecified atom stereocenters. The average molecular weight is 538 g/mol. The molecule has 3 rings (SSSR count). The van der Waals surface area contributed by atoms with Crippen LogP contribution >= 0.6 is 24.0 Å². The highest BCUT2D eigenvalue weighted by molar-refractivity contribution is 14.0. The first kappa shape index (κ1) is 25.2. The number of fused-ring (bicyclic) bond motifs is 1. The van der Waals surface area contributed by atoms with Gasteiger partial charge in [-0.15, -0.1) is 24.0 Å². The van der Waals surface area contributed by atoms with Crippen LogP contribution in [0.1, 0.15) is 49.1 Å². The fourth-order valence-corrected chi connectivity index (χ4v) is 3.91. The van der Waals surface area contributed by atoms with Gasteiger partial charge in [-0.05, 0) is 30.4 Å². The fraction of sp³-hybridized carbons (Fsp3) is 0.522. The number of hydrogen-bond donors (Lipinski definition) is 1. The zero-order valence-corrected chi connectivity index (χ0v) is 21.6. The van der Waals surface area contributed by atoms with Gasteiger partial charge in [-0.3, -0.25) is 9.48 Å². The molecule has 2 aromatic rings. The number of carbonyl (C=O) groups is 1. The van der Waals surface area contributed by atoms with E-state index < -0.39 is 0 Å². The second kappa shape index (κ2) is 11.5. The Balaban J connectivity index is 0.00000341. The molecule has 1 aliphatic heterocycles. The van der Waals surface area contributed by atoms with E-state index in [0.717, 1.165) is 31.2 Å². The molecule has 2 heterocycles. The van der Waals surface area contributed by atoms with E-state index in [2.05, 4.69) is 58.6 Å². The van der Waals surface area contributed by atoms with Gasteiger partial charge in [0, 0.05) is 52.0 Å². The van der Waals surface area contributed by atoms with Crippen molar-refractivity contribution in [3.63, 3.8) is 0 Å². The smallest absolute Gasteiger partial charge is 0.244 e. The van der Waals surface area contributed by atoms with Crippen molar-refractivity contribution in [3.8, 4) is 0 Å². The second-order valence-corrected chi connectivity index (χ2v) is 8.23. The van der Waals surface area contributed by atoms with Crippen LogP contribution < -0.4 is 5.32 Å². The summed E-state index contributed by atoms with van der Waals surface area (Å²) in [4.78, 5) is 21.4. The van der Waals surface area contributed by atoms with Crippen molar-refractivity contribution < 1.29 is 4.79 Å². The molecule has 0 saturated carbocycles.